The van der Waals surface area contributed by atoms with E-state index < -0.39 is 0 Å². The Bertz CT molecular complexity index is 575. The van der Waals surface area contributed by atoms with Crippen LogP contribution in [-0.4, -0.2) is 0 Å². The van der Waals surface area contributed by atoms with E-state index in [4.69, 9.17) is 4.74 Å². The molecule has 2 aliphatic carbocycles. The van der Waals surface area contributed by atoms with Crippen LogP contribution in [-0.2, 0) is 11.2 Å². The second-order valence-electron chi connectivity index (χ2n) is 4.88. The minimum Gasteiger partial charge on any atom is -0.465 e. The van der Waals surface area contributed by atoms with Gasteiger partial charge in [0, 0.05) is 17.9 Å². The van der Waals surface area contributed by atoms with Crippen molar-refractivity contribution in [1.82, 2.24) is 0 Å². The molecule has 1 heteroatoms. The molecule has 4 rings (SSSR count). The molecule has 0 bridgehead atoms. The van der Waals surface area contributed by atoms with E-state index in [1.807, 2.05) is 0 Å². The smallest absolute Gasteiger partial charge is 0.111 e. The van der Waals surface area contributed by atoms with E-state index in [0.717, 1.165) is 25.0 Å². The maximum Gasteiger partial charge on any atom is 0.111 e. The predicted molar refractivity (Wildman–Crippen MR) is 68.1 cm³/mol. The van der Waals surface area contributed by atoms with E-state index in [0.29, 0.717) is 5.92 Å². The summed E-state index contributed by atoms with van der Waals surface area (Å²) in [5.74, 6) is 2.83. The Morgan fingerprint density at radius 2 is 2.06 bits per heavy atom. The average molecular weight is 222 g/mol. The molecule has 0 aromatic heterocycles. The molecule has 0 N–H and O–H groups in total. The third-order valence-corrected chi connectivity index (χ3v) is 3.93. The van der Waals surface area contributed by atoms with Crippen molar-refractivity contribution < 1.29 is 4.74 Å². The first-order valence-corrected chi connectivity index (χ1v) is 6.29. The minimum absolute atomic E-state index is 0.469. The average Bonchev–Trinajstić information content (AvgIpc) is 2.77. The summed E-state index contributed by atoms with van der Waals surface area (Å²) in [5, 5.41) is 0. The first kappa shape index (κ1) is 9.29. The van der Waals surface area contributed by atoms with E-state index in [1.54, 1.807) is 0 Å². The number of fused-ring (bicyclic) bond motifs is 4. The van der Waals surface area contributed by atoms with Gasteiger partial charge in [-0.3, -0.25) is 0 Å². The highest BCUT2D eigenvalue weighted by molar-refractivity contribution is 5.77. The molecule has 17 heavy (non-hydrogen) atoms. The summed E-state index contributed by atoms with van der Waals surface area (Å²) in [7, 11) is 0. The number of benzene rings is 1. The highest BCUT2D eigenvalue weighted by Gasteiger charge is 2.35. The third-order valence-electron chi connectivity index (χ3n) is 3.93. The summed E-state index contributed by atoms with van der Waals surface area (Å²) in [5.41, 5.74) is 4.34. The second-order valence-corrected chi connectivity index (χ2v) is 4.88. The van der Waals surface area contributed by atoms with Crippen molar-refractivity contribution in [3.63, 3.8) is 0 Å². The van der Waals surface area contributed by atoms with Crippen LogP contribution in [0.2, 0.25) is 0 Å². The topological polar surface area (TPSA) is 9.23 Å². The molecule has 1 unspecified atom stereocenters. The number of allylic oxidation sites excluding steroid dienone is 5. The van der Waals surface area contributed by atoms with Crippen LogP contribution in [0.15, 0.2) is 54.0 Å². The SMILES string of the molecule is C1=CCC2C(=C1)OC1=C2c2ccccc2CC1. The zero-order valence-electron chi connectivity index (χ0n) is 9.65. The number of ether oxygens (including phenoxy) is 1. The Hall–Kier alpha value is -1.76. The van der Waals surface area contributed by atoms with Crippen molar-refractivity contribution in [1.29, 1.82) is 0 Å². The molecule has 1 atom stereocenters. The Kier molecular flexibility index (Phi) is 1.84. The van der Waals surface area contributed by atoms with Crippen LogP contribution in [0, 0.1) is 5.92 Å². The normalized spacial score (nSPS) is 24.7. The van der Waals surface area contributed by atoms with Crippen LogP contribution in [0.1, 0.15) is 24.0 Å². The molecule has 0 radical (unpaired) electrons. The van der Waals surface area contributed by atoms with Gasteiger partial charge in [-0.2, -0.15) is 0 Å². The van der Waals surface area contributed by atoms with Gasteiger partial charge in [-0.1, -0.05) is 36.4 Å². The van der Waals surface area contributed by atoms with Crippen molar-refractivity contribution in [3.8, 4) is 0 Å². The van der Waals surface area contributed by atoms with Crippen molar-refractivity contribution in [3.05, 3.63) is 65.1 Å². The number of hydrogen-bond donors (Lipinski definition) is 0. The molecule has 0 saturated heterocycles. The van der Waals surface area contributed by atoms with Crippen molar-refractivity contribution in [2.45, 2.75) is 19.3 Å². The van der Waals surface area contributed by atoms with Gasteiger partial charge in [-0.05, 0) is 30.0 Å². The van der Waals surface area contributed by atoms with Gasteiger partial charge in [0.25, 0.3) is 0 Å². The molecule has 1 nitrogen and oxygen atoms in total. The lowest BCUT2D eigenvalue weighted by Crippen LogP contribution is -2.07. The third kappa shape index (κ3) is 1.25. The fourth-order valence-corrected chi connectivity index (χ4v) is 3.14. The van der Waals surface area contributed by atoms with Gasteiger partial charge in [-0.25, -0.2) is 0 Å². The van der Waals surface area contributed by atoms with E-state index >= 15 is 0 Å². The van der Waals surface area contributed by atoms with Gasteiger partial charge >= 0.3 is 0 Å². The highest BCUT2D eigenvalue weighted by atomic mass is 16.5. The lowest BCUT2D eigenvalue weighted by molar-refractivity contribution is 0.291. The molecular weight excluding hydrogens is 208 g/mol. The highest BCUT2D eigenvalue weighted by Crippen LogP contribution is 2.48. The predicted octanol–water partition coefficient (Wildman–Crippen LogP) is 3.83. The summed E-state index contributed by atoms with van der Waals surface area (Å²) in [4.78, 5) is 0. The van der Waals surface area contributed by atoms with E-state index in [-0.39, 0.29) is 0 Å². The monoisotopic (exact) mass is 222 g/mol. The Morgan fingerprint density at radius 1 is 1.12 bits per heavy atom. The van der Waals surface area contributed by atoms with Gasteiger partial charge in [0.2, 0.25) is 0 Å². The maximum atomic E-state index is 6.02. The second kappa shape index (κ2) is 3.36. The van der Waals surface area contributed by atoms with Gasteiger partial charge < -0.3 is 4.74 Å². The molecule has 1 aromatic rings. The first-order chi connectivity index (χ1) is 8.43. The fourth-order valence-electron chi connectivity index (χ4n) is 3.14. The number of rotatable bonds is 0. The van der Waals surface area contributed by atoms with Gasteiger partial charge in [0.15, 0.2) is 0 Å². The lowest BCUT2D eigenvalue weighted by Gasteiger charge is -2.20. The van der Waals surface area contributed by atoms with Gasteiger partial charge in [0.1, 0.15) is 11.5 Å². The Labute approximate surface area is 101 Å². The molecule has 0 amide bonds. The van der Waals surface area contributed by atoms with Gasteiger partial charge in [0.05, 0.1) is 0 Å². The zero-order chi connectivity index (χ0) is 11.2. The molecule has 1 aromatic carbocycles. The van der Waals surface area contributed by atoms with Crippen molar-refractivity contribution in [2.75, 3.05) is 0 Å². The molecular formula is C16H14O. The fraction of sp³-hybridized carbons (Fsp3) is 0.250. The van der Waals surface area contributed by atoms with Crippen LogP contribution in [0.3, 0.4) is 0 Å². The molecule has 1 heterocycles. The summed E-state index contributed by atoms with van der Waals surface area (Å²) < 4.78 is 6.02. The van der Waals surface area contributed by atoms with Crippen LogP contribution >= 0.6 is 0 Å². The minimum atomic E-state index is 0.469. The quantitative estimate of drug-likeness (QED) is 0.648. The molecule has 0 saturated carbocycles. The molecule has 84 valence electrons. The zero-order valence-corrected chi connectivity index (χ0v) is 9.65. The van der Waals surface area contributed by atoms with Crippen LogP contribution in [0.5, 0.6) is 0 Å². The summed E-state index contributed by atoms with van der Waals surface area (Å²) in [6, 6.07) is 8.76. The van der Waals surface area contributed by atoms with E-state index in [9.17, 15) is 0 Å². The standard InChI is InChI=1S/C16H14O/c1-2-6-12-11(5-1)9-10-15-16(12)13-7-3-4-8-14(13)17-15/h1-6,8,13H,7,9-10H2. The number of hydrogen-bond acceptors (Lipinski definition) is 1. The van der Waals surface area contributed by atoms with Crippen LogP contribution in [0.4, 0.5) is 0 Å². The maximum absolute atomic E-state index is 6.02. The Balaban J connectivity index is 1.88. The molecule has 0 spiro atoms. The summed E-state index contributed by atoms with van der Waals surface area (Å²) in [6.07, 6.45) is 9.72. The van der Waals surface area contributed by atoms with E-state index in [2.05, 4.69) is 42.5 Å². The van der Waals surface area contributed by atoms with Crippen molar-refractivity contribution in [2.24, 2.45) is 5.92 Å². The largest absolute Gasteiger partial charge is 0.465 e. The van der Waals surface area contributed by atoms with Crippen LogP contribution in [0.25, 0.3) is 5.57 Å². The Morgan fingerprint density at radius 3 is 3.06 bits per heavy atom. The summed E-state index contributed by atoms with van der Waals surface area (Å²) >= 11 is 0. The molecule has 0 fully saturated rings. The lowest BCUT2D eigenvalue weighted by atomic mass is 9.81. The van der Waals surface area contributed by atoms with E-state index in [1.165, 1.54) is 22.5 Å². The molecule has 3 aliphatic rings. The van der Waals surface area contributed by atoms with Crippen LogP contribution < -0.4 is 0 Å². The van der Waals surface area contributed by atoms with Crippen molar-refractivity contribution >= 4 is 5.57 Å². The number of aryl methyl sites for hydroxylation is 1. The first-order valence-electron chi connectivity index (χ1n) is 6.29. The molecule has 1 aliphatic heterocycles. The summed E-state index contributed by atoms with van der Waals surface area (Å²) in [6.45, 7) is 0. The van der Waals surface area contributed by atoms with Gasteiger partial charge in [-0.15, -0.1) is 0 Å².